The molecule has 0 bridgehead atoms. The average molecular weight is 346 g/mol. The van der Waals surface area contributed by atoms with E-state index in [1.54, 1.807) is 6.92 Å². The number of thioether (sulfide) groups is 1. The summed E-state index contributed by atoms with van der Waals surface area (Å²) in [7, 11) is 0. The Balaban J connectivity index is 2.89. The number of hydrogen-bond donors (Lipinski definition) is 2. The second kappa shape index (κ2) is 10.8. The van der Waals surface area contributed by atoms with Gasteiger partial charge in [0.2, 0.25) is 0 Å². The molecule has 0 radical (unpaired) electrons. The molecule has 0 aliphatic heterocycles. The van der Waals surface area contributed by atoms with E-state index in [9.17, 15) is 4.79 Å². The smallest absolute Gasteiger partial charge is 0.161 e. The minimum atomic E-state index is 0.0674. The topological polar surface area (TPSA) is 67.5 Å². The van der Waals surface area contributed by atoms with E-state index >= 15 is 0 Å². The van der Waals surface area contributed by atoms with Crippen molar-refractivity contribution in [1.82, 2.24) is 5.32 Å². The third kappa shape index (κ3) is 7.15. The van der Waals surface area contributed by atoms with Crippen molar-refractivity contribution < 1.29 is 4.79 Å². The van der Waals surface area contributed by atoms with Gasteiger partial charge in [-0.1, -0.05) is 42.6 Å². The van der Waals surface area contributed by atoms with Crippen LogP contribution in [0, 0.1) is 0 Å². The fourth-order valence-electron chi connectivity index (χ4n) is 2.03. The highest BCUT2D eigenvalue weighted by Gasteiger charge is 2.06. The zero-order chi connectivity index (χ0) is 17.9. The summed E-state index contributed by atoms with van der Waals surface area (Å²) in [4.78, 5) is 17.2. The quantitative estimate of drug-likeness (QED) is 0.325. The number of carbonyl (C=O) groups is 1. The van der Waals surface area contributed by atoms with Crippen molar-refractivity contribution in [1.29, 1.82) is 0 Å². The number of benzene rings is 1. The van der Waals surface area contributed by atoms with Gasteiger partial charge in [-0.3, -0.25) is 9.79 Å². The highest BCUT2D eigenvalue weighted by atomic mass is 32.2. The van der Waals surface area contributed by atoms with Gasteiger partial charge in [0, 0.05) is 12.1 Å². The molecule has 0 aliphatic rings. The predicted molar refractivity (Wildman–Crippen MR) is 106 cm³/mol. The summed E-state index contributed by atoms with van der Waals surface area (Å²) < 4.78 is 0. The van der Waals surface area contributed by atoms with Crippen LogP contribution in [0.2, 0.25) is 0 Å². The Morgan fingerprint density at radius 1 is 1.38 bits per heavy atom. The number of nitrogens with zero attached hydrogens (tertiary/aromatic N) is 1. The number of amidine groups is 1. The van der Waals surface area contributed by atoms with Crippen LogP contribution in [0.4, 0.5) is 0 Å². The molecule has 1 aromatic carbocycles. The van der Waals surface area contributed by atoms with Crippen LogP contribution < -0.4 is 11.1 Å². The number of rotatable bonds is 8. The lowest BCUT2D eigenvalue weighted by molar-refractivity contribution is 0.101. The first kappa shape index (κ1) is 20.2. The third-order valence-corrected chi connectivity index (χ3v) is 4.12. The molecule has 1 aromatic rings. The molecule has 0 unspecified atom stereocenters. The number of ketones is 1. The number of carbonyl (C=O) groups excluding carboxylic acids is 1. The largest absolute Gasteiger partial charge is 0.365 e. The molecule has 0 saturated heterocycles. The van der Waals surface area contributed by atoms with Crippen LogP contribution >= 0.6 is 11.8 Å². The van der Waals surface area contributed by atoms with Gasteiger partial charge >= 0.3 is 0 Å². The molecule has 1 rings (SSSR count). The number of nitrogens with two attached hydrogens (primary N) is 1. The van der Waals surface area contributed by atoms with Crippen LogP contribution in [0.1, 0.15) is 43.1 Å². The van der Waals surface area contributed by atoms with Crippen molar-refractivity contribution in [2.24, 2.45) is 10.7 Å². The van der Waals surface area contributed by atoms with Crippen LogP contribution in [0.15, 0.2) is 46.8 Å². The molecular formula is C19H27N3OS. The van der Waals surface area contributed by atoms with E-state index in [-0.39, 0.29) is 5.78 Å². The summed E-state index contributed by atoms with van der Waals surface area (Å²) in [6.45, 7) is 11.4. The van der Waals surface area contributed by atoms with Crippen molar-refractivity contribution in [3.8, 4) is 0 Å². The lowest BCUT2D eigenvalue weighted by Gasteiger charge is -2.11. The second-order valence-corrected chi connectivity index (χ2v) is 6.73. The number of hydrogen-bond acceptors (Lipinski definition) is 4. The lowest BCUT2D eigenvalue weighted by atomic mass is 10.0. The summed E-state index contributed by atoms with van der Waals surface area (Å²) in [6.07, 6.45) is 2.93. The zero-order valence-corrected chi connectivity index (χ0v) is 15.6. The molecule has 0 spiro atoms. The minimum absolute atomic E-state index is 0.0674. The molecule has 0 fully saturated rings. The number of allylic oxidation sites excluding steroid dienone is 2. The van der Waals surface area contributed by atoms with Gasteiger partial charge in [-0.25, -0.2) is 0 Å². The molecule has 0 aromatic heterocycles. The van der Waals surface area contributed by atoms with Crippen molar-refractivity contribution in [2.75, 3.05) is 19.6 Å². The molecule has 0 saturated carbocycles. The van der Waals surface area contributed by atoms with E-state index in [0.717, 1.165) is 34.2 Å². The van der Waals surface area contributed by atoms with Gasteiger partial charge in [-0.05, 0) is 55.8 Å². The maximum Gasteiger partial charge on any atom is 0.161 e. The first-order chi connectivity index (χ1) is 11.5. The second-order valence-electron chi connectivity index (χ2n) is 5.45. The summed E-state index contributed by atoms with van der Waals surface area (Å²) in [5, 5.41) is 4.15. The molecular weight excluding hydrogens is 318 g/mol. The first-order valence-electron chi connectivity index (χ1n) is 8.06. The van der Waals surface area contributed by atoms with E-state index < -0.39 is 0 Å². The standard InChI is InChI=1S/C19H27N3OS/c1-5-16(18-9-6-8-17(12-18)15(4)23)13-22-19(24-14(2)3)21-11-7-10-20/h5-6,8-9,12H,2,7,10-11,13,20H2,1,3-4H3,(H,21,22)/b16-5+. The monoisotopic (exact) mass is 345 g/mol. The van der Waals surface area contributed by atoms with Crippen molar-refractivity contribution in [3.63, 3.8) is 0 Å². The van der Waals surface area contributed by atoms with Crippen LogP contribution in [0.25, 0.3) is 5.57 Å². The number of nitrogens with one attached hydrogen (secondary N) is 1. The molecule has 0 atom stereocenters. The molecule has 0 heterocycles. The van der Waals surface area contributed by atoms with E-state index in [1.807, 2.05) is 44.2 Å². The maximum absolute atomic E-state index is 11.6. The number of aliphatic imine (C=N–C) groups is 1. The van der Waals surface area contributed by atoms with Gasteiger partial charge in [0.1, 0.15) is 0 Å². The van der Waals surface area contributed by atoms with Crippen molar-refractivity contribution in [2.45, 2.75) is 27.2 Å². The zero-order valence-electron chi connectivity index (χ0n) is 14.8. The lowest BCUT2D eigenvalue weighted by Crippen LogP contribution is -2.24. The van der Waals surface area contributed by atoms with Crippen LogP contribution in [0.5, 0.6) is 0 Å². The predicted octanol–water partition coefficient (Wildman–Crippen LogP) is 3.85. The van der Waals surface area contributed by atoms with E-state index in [0.29, 0.717) is 18.7 Å². The summed E-state index contributed by atoms with van der Waals surface area (Å²) in [5.74, 6) is 0.0674. The van der Waals surface area contributed by atoms with E-state index in [4.69, 9.17) is 5.73 Å². The van der Waals surface area contributed by atoms with Gasteiger partial charge in [-0.2, -0.15) is 0 Å². The Morgan fingerprint density at radius 2 is 2.08 bits per heavy atom. The van der Waals surface area contributed by atoms with Gasteiger partial charge in [0.05, 0.1) is 6.54 Å². The molecule has 24 heavy (non-hydrogen) atoms. The molecule has 130 valence electrons. The van der Waals surface area contributed by atoms with E-state index in [2.05, 4.69) is 16.9 Å². The fourth-order valence-corrected chi connectivity index (χ4v) is 2.66. The highest BCUT2D eigenvalue weighted by molar-refractivity contribution is 8.17. The molecule has 5 heteroatoms. The summed E-state index contributed by atoms with van der Waals surface area (Å²) >= 11 is 1.53. The number of Topliss-reactive ketones (excluding diaryl/α,β-unsaturated/α-hetero) is 1. The average Bonchev–Trinajstić information content (AvgIpc) is 2.55. The summed E-state index contributed by atoms with van der Waals surface area (Å²) in [6, 6.07) is 7.66. The van der Waals surface area contributed by atoms with Crippen molar-refractivity contribution >= 4 is 28.3 Å². The molecule has 3 N–H and O–H groups in total. The SMILES string of the molecule is C=C(C)SC(=NC/C(=C\C)c1cccc(C(C)=O)c1)NCCCN. The van der Waals surface area contributed by atoms with Crippen molar-refractivity contribution in [3.05, 3.63) is 53.0 Å². The van der Waals surface area contributed by atoms with Crippen LogP contribution in [-0.4, -0.2) is 30.6 Å². The van der Waals surface area contributed by atoms with Crippen LogP contribution in [0.3, 0.4) is 0 Å². The molecule has 0 amide bonds. The Hall–Kier alpha value is -1.85. The third-order valence-electron chi connectivity index (χ3n) is 3.31. The van der Waals surface area contributed by atoms with Gasteiger partial charge in [0.25, 0.3) is 0 Å². The van der Waals surface area contributed by atoms with Gasteiger partial charge in [0.15, 0.2) is 11.0 Å². The normalized spacial score (nSPS) is 12.2. The Bertz CT molecular complexity index is 635. The minimum Gasteiger partial charge on any atom is -0.365 e. The Labute approximate surface area is 149 Å². The Morgan fingerprint density at radius 3 is 2.67 bits per heavy atom. The fraction of sp³-hybridized carbons (Fsp3) is 0.368. The van der Waals surface area contributed by atoms with Gasteiger partial charge < -0.3 is 11.1 Å². The van der Waals surface area contributed by atoms with E-state index in [1.165, 1.54) is 11.8 Å². The van der Waals surface area contributed by atoms with Gasteiger partial charge in [-0.15, -0.1) is 0 Å². The molecule has 4 nitrogen and oxygen atoms in total. The Kier molecular flexibility index (Phi) is 9.12. The first-order valence-corrected chi connectivity index (χ1v) is 8.88. The van der Waals surface area contributed by atoms with Crippen LogP contribution in [-0.2, 0) is 0 Å². The maximum atomic E-state index is 11.6. The highest BCUT2D eigenvalue weighted by Crippen LogP contribution is 2.19. The summed E-state index contributed by atoms with van der Waals surface area (Å²) in [5.41, 5.74) is 8.36. The molecule has 0 aliphatic carbocycles.